The fourth-order valence-corrected chi connectivity index (χ4v) is 2.12. The van der Waals surface area contributed by atoms with Crippen molar-refractivity contribution in [3.05, 3.63) is 29.8 Å². The summed E-state index contributed by atoms with van der Waals surface area (Å²) < 4.78 is 0. The van der Waals surface area contributed by atoms with E-state index in [0.29, 0.717) is 5.69 Å². The van der Waals surface area contributed by atoms with E-state index in [1.54, 1.807) is 0 Å². The van der Waals surface area contributed by atoms with Gasteiger partial charge in [0, 0.05) is 11.7 Å². The molecule has 0 heterocycles. The number of hydrogen-bond acceptors (Lipinski definition) is 2. The first kappa shape index (κ1) is 15.5. The molecule has 0 aliphatic carbocycles. The summed E-state index contributed by atoms with van der Waals surface area (Å²) in [6.45, 7) is 6.17. The summed E-state index contributed by atoms with van der Waals surface area (Å²) in [4.78, 5) is 12.1. The molecule has 3 nitrogen and oxygen atoms in total. The molecule has 2 unspecified atom stereocenters. The minimum Gasteiger partial charge on any atom is -0.399 e. The highest BCUT2D eigenvalue weighted by Gasteiger charge is 2.16. The molecule has 0 saturated carbocycles. The molecule has 0 spiro atoms. The maximum atomic E-state index is 12.1. The van der Waals surface area contributed by atoms with Crippen LogP contribution in [0.2, 0.25) is 0 Å². The summed E-state index contributed by atoms with van der Waals surface area (Å²) in [5, 5.41) is 3.08. The molecule has 1 amide bonds. The van der Waals surface area contributed by atoms with Crippen LogP contribution in [0.25, 0.3) is 0 Å². The van der Waals surface area contributed by atoms with E-state index in [2.05, 4.69) is 19.2 Å². The Kier molecular flexibility index (Phi) is 6.40. The van der Waals surface area contributed by atoms with Crippen molar-refractivity contribution in [2.75, 3.05) is 5.73 Å². The molecule has 0 saturated heterocycles. The summed E-state index contributed by atoms with van der Waals surface area (Å²) in [7, 11) is 0. The van der Waals surface area contributed by atoms with E-state index >= 15 is 0 Å². The van der Waals surface area contributed by atoms with Crippen molar-refractivity contribution in [2.45, 2.75) is 58.4 Å². The first-order valence-corrected chi connectivity index (χ1v) is 7.20. The lowest BCUT2D eigenvalue weighted by atomic mass is 9.99. The van der Waals surface area contributed by atoms with Gasteiger partial charge in [-0.05, 0) is 38.0 Å². The normalized spacial score (nSPS) is 13.8. The number of amides is 1. The summed E-state index contributed by atoms with van der Waals surface area (Å²) in [6.07, 6.45) is 4.65. The molecule has 0 bridgehead atoms. The summed E-state index contributed by atoms with van der Waals surface area (Å²) >= 11 is 0. The highest BCUT2D eigenvalue weighted by molar-refractivity contribution is 5.83. The number of nitrogens with one attached hydrogen (secondary N) is 1. The van der Waals surface area contributed by atoms with Gasteiger partial charge in [0.05, 0.1) is 5.92 Å². The van der Waals surface area contributed by atoms with E-state index in [9.17, 15) is 4.79 Å². The number of unbranched alkanes of at least 4 members (excludes halogenated alkanes) is 2. The lowest BCUT2D eigenvalue weighted by Crippen LogP contribution is -2.35. The molecule has 0 radical (unpaired) electrons. The Hall–Kier alpha value is -1.51. The summed E-state index contributed by atoms with van der Waals surface area (Å²) in [5.41, 5.74) is 7.42. The zero-order chi connectivity index (χ0) is 14.3. The second kappa shape index (κ2) is 7.82. The van der Waals surface area contributed by atoms with Gasteiger partial charge in [0.15, 0.2) is 0 Å². The zero-order valence-electron chi connectivity index (χ0n) is 12.3. The number of anilines is 1. The Morgan fingerprint density at radius 3 is 2.68 bits per heavy atom. The van der Waals surface area contributed by atoms with Crippen molar-refractivity contribution in [1.82, 2.24) is 5.32 Å². The van der Waals surface area contributed by atoms with Gasteiger partial charge in [-0.1, -0.05) is 38.3 Å². The van der Waals surface area contributed by atoms with Crippen molar-refractivity contribution in [3.8, 4) is 0 Å². The van der Waals surface area contributed by atoms with Crippen LogP contribution in [0, 0.1) is 0 Å². The monoisotopic (exact) mass is 262 g/mol. The molecule has 0 fully saturated rings. The van der Waals surface area contributed by atoms with Crippen LogP contribution in [0.4, 0.5) is 5.69 Å². The van der Waals surface area contributed by atoms with Gasteiger partial charge >= 0.3 is 0 Å². The molecule has 0 aliphatic rings. The van der Waals surface area contributed by atoms with Crippen molar-refractivity contribution in [1.29, 1.82) is 0 Å². The van der Waals surface area contributed by atoms with Crippen LogP contribution in [-0.2, 0) is 4.79 Å². The van der Waals surface area contributed by atoms with Crippen LogP contribution < -0.4 is 11.1 Å². The fraction of sp³-hybridized carbons (Fsp3) is 0.562. The fourth-order valence-electron chi connectivity index (χ4n) is 2.12. The van der Waals surface area contributed by atoms with Crippen LogP contribution in [0.5, 0.6) is 0 Å². The standard InChI is InChI=1S/C16H26N2O/c1-4-5-6-8-12(2)18-16(19)13(3)14-9-7-10-15(17)11-14/h7,9-13H,4-6,8,17H2,1-3H3,(H,18,19). The van der Waals surface area contributed by atoms with Crippen LogP contribution in [0.3, 0.4) is 0 Å². The average molecular weight is 262 g/mol. The summed E-state index contributed by atoms with van der Waals surface area (Å²) in [5.74, 6) is -0.0771. The van der Waals surface area contributed by atoms with E-state index in [1.165, 1.54) is 19.3 Å². The highest BCUT2D eigenvalue weighted by Crippen LogP contribution is 2.18. The smallest absolute Gasteiger partial charge is 0.227 e. The number of rotatable bonds is 7. The number of hydrogen-bond donors (Lipinski definition) is 2. The van der Waals surface area contributed by atoms with Gasteiger partial charge in [-0.2, -0.15) is 0 Å². The Labute approximate surface area is 116 Å². The second-order valence-corrected chi connectivity index (χ2v) is 5.30. The lowest BCUT2D eigenvalue weighted by molar-refractivity contribution is -0.122. The third kappa shape index (κ3) is 5.33. The van der Waals surface area contributed by atoms with Crippen molar-refractivity contribution >= 4 is 11.6 Å². The van der Waals surface area contributed by atoms with Crippen molar-refractivity contribution in [2.24, 2.45) is 0 Å². The minimum atomic E-state index is -0.155. The molecule has 1 rings (SSSR count). The quantitative estimate of drug-likeness (QED) is 0.584. The number of carbonyl (C=O) groups excluding carboxylic acids is 1. The predicted molar refractivity (Wildman–Crippen MR) is 81.0 cm³/mol. The van der Waals surface area contributed by atoms with Gasteiger partial charge in [-0.3, -0.25) is 4.79 Å². The molecule has 1 aromatic rings. The van der Waals surface area contributed by atoms with Crippen molar-refractivity contribution < 1.29 is 4.79 Å². The molecule has 1 aromatic carbocycles. The van der Waals surface area contributed by atoms with Crippen LogP contribution in [0.1, 0.15) is 57.9 Å². The highest BCUT2D eigenvalue weighted by atomic mass is 16.1. The van der Waals surface area contributed by atoms with Crippen LogP contribution >= 0.6 is 0 Å². The SMILES string of the molecule is CCCCCC(C)NC(=O)C(C)c1cccc(N)c1. The first-order chi connectivity index (χ1) is 9.04. The van der Waals surface area contributed by atoms with Gasteiger partial charge in [-0.25, -0.2) is 0 Å². The Balaban J connectivity index is 2.48. The van der Waals surface area contributed by atoms with E-state index in [4.69, 9.17) is 5.73 Å². The lowest BCUT2D eigenvalue weighted by Gasteiger charge is -2.18. The summed E-state index contributed by atoms with van der Waals surface area (Å²) in [6, 6.07) is 7.78. The van der Waals surface area contributed by atoms with Gasteiger partial charge < -0.3 is 11.1 Å². The predicted octanol–water partition coefficient (Wildman–Crippen LogP) is 3.46. The molecule has 0 aliphatic heterocycles. The Morgan fingerprint density at radius 2 is 2.05 bits per heavy atom. The third-order valence-corrected chi connectivity index (χ3v) is 3.43. The van der Waals surface area contributed by atoms with Gasteiger partial charge in [0.25, 0.3) is 0 Å². The Morgan fingerprint density at radius 1 is 1.32 bits per heavy atom. The maximum absolute atomic E-state index is 12.1. The molecule has 2 atom stereocenters. The minimum absolute atomic E-state index is 0.0783. The first-order valence-electron chi connectivity index (χ1n) is 7.20. The second-order valence-electron chi connectivity index (χ2n) is 5.30. The molecule has 0 aromatic heterocycles. The molecular weight excluding hydrogens is 236 g/mol. The molecule has 106 valence electrons. The van der Waals surface area contributed by atoms with E-state index < -0.39 is 0 Å². The number of carbonyl (C=O) groups is 1. The molecule has 19 heavy (non-hydrogen) atoms. The molecule has 3 heteroatoms. The Bertz CT molecular complexity index is 403. The molecule has 3 N–H and O–H groups in total. The topological polar surface area (TPSA) is 55.1 Å². The van der Waals surface area contributed by atoms with Crippen molar-refractivity contribution in [3.63, 3.8) is 0 Å². The maximum Gasteiger partial charge on any atom is 0.227 e. The molecular formula is C16H26N2O. The number of nitrogens with two attached hydrogens (primary N) is 1. The number of benzene rings is 1. The van der Waals surface area contributed by atoms with E-state index in [0.717, 1.165) is 12.0 Å². The van der Waals surface area contributed by atoms with Crippen LogP contribution in [0.15, 0.2) is 24.3 Å². The van der Waals surface area contributed by atoms with E-state index in [-0.39, 0.29) is 17.9 Å². The average Bonchev–Trinajstić information content (AvgIpc) is 2.38. The third-order valence-electron chi connectivity index (χ3n) is 3.43. The van der Waals surface area contributed by atoms with Gasteiger partial charge in [-0.15, -0.1) is 0 Å². The number of nitrogen functional groups attached to an aromatic ring is 1. The van der Waals surface area contributed by atoms with E-state index in [1.807, 2.05) is 31.2 Å². The van der Waals surface area contributed by atoms with Crippen LogP contribution in [-0.4, -0.2) is 11.9 Å². The van der Waals surface area contributed by atoms with Gasteiger partial charge in [0.1, 0.15) is 0 Å². The zero-order valence-corrected chi connectivity index (χ0v) is 12.3. The largest absolute Gasteiger partial charge is 0.399 e. The van der Waals surface area contributed by atoms with Gasteiger partial charge in [0.2, 0.25) is 5.91 Å².